The lowest BCUT2D eigenvalue weighted by Crippen LogP contribution is -2.57. The smallest absolute Gasteiger partial charge is 0.327 e. The molecule has 11 nitrogen and oxygen atoms in total. The predicted molar refractivity (Wildman–Crippen MR) is 99.6 cm³/mol. The Kier molecular flexibility index (Phi) is 11.1. The van der Waals surface area contributed by atoms with Gasteiger partial charge in [0.1, 0.15) is 18.1 Å². The SMILES string of the molecule is CC(C)CC(NC(=O)CN)C(=O)NC(CC(N)=O)C(=O)NC(CS)C(=O)O. The molecule has 0 rings (SSSR count). The van der Waals surface area contributed by atoms with Crippen LogP contribution in [0.2, 0.25) is 0 Å². The Morgan fingerprint density at radius 3 is 1.89 bits per heavy atom. The van der Waals surface area contributed by atoms with Crippen LogP contribution < -0.4 is 27.4 Å². The monoisotopic (exact) mass is 405 g/mol. The highest BCUT2D eigenvalue weighted by Gasteiger charge is 2.30. The highest BCUT2D eigenvalue weighted by molar-refractivity contribution is 7.80. The van der Waals surface area contributed by atoms with E-state index in [0.29, 0.717) is 0 Å². The minimum atomic E-state index is -1.40. The van der Waals surface area contributed by atoms with Crippen LogP contribution >= 0.6 is 12.6 Å². The summed E-state index contributed by atoms with van der Waals surface area (Å²) in [7, 11) is 0. The van der Waals surface area contributed by atoms with Crippen LogP contribution in [0.3, 0.4) is 0 Å². The number of hydrogen-bond acceptors (Lipinski definition) is 7. The van der Waals surface area contributed by atoms with E-state index in [4.69, 9.17) is 16.6 Å². The Hall–Kier alpha value is -2.34. The van der Waals surface area contributed by atoms with E-state index in [1.165, 1.54) is 0 Å². The summed E-state index contributed by atoms with van der Waals surface area (Å²) in [6.07, 6.45) is -0.285. The molecule has 8 N–H and O–H groups in total. The minimum Gasteiger partial charge on any atom is -0.480 e. The van der Waals surface area contributed by atoms with E-state index in [9.17, 15) is 24.0 Å². The average molecular weight is 405 g/mol. The fourth-order valence-electron chi connectivity index (χ4n) is 2.10. The summed E-state index contributed by atoms with van der Waals surface area (Å²) in [5, 5.41) is 15.9. The maximum Gasteiger partial charge on any atom is 0.327 e. The number of rotatable bonds is 12. The molecule has 0 aliphatic heterocycles. The van der Waals surface area contributed by atoms with Gasteiger partial charge in [0.05, 0.1) is 13.0 Å². The number of carbonyl (C=O) groups is 5. The number of primary amides is 1. The van der Waals surface area contributed by atoms with Gasteiger partial charge in [0.2, 0.25) is 23.6 Å². The molecule has 0 bridgehead atoms. The van der Waals surface area contributed by atoms with E-state index >= 15 is 0 Å². The summed E-state index contributed by atoms with van der Waals surface area (Å²) in [6, 6.07) is -3.69. The lowest BCUT2D eigenvalue weighted by atomic mass is 10.0. The third-order valence-electron chi connectivity index (χ3n) is 3.38. The lowest BCUT2D eigenvalue weighted by molar-refractivity contribution is -0.141. The number of nitrogens with one attached hydrogen (secondary N) is 3. The van der Waals surface area contributed by atoms with Gasteiger partial charge < -0.3 is 32.5 Å². The van der Waals surface area contributed by atoms with Crippen LogP contribution in [-0.2, 0) is 24.0 Å². The average Bonchev–Trinajstić information content (AvgIpc) is 2.56. The first-order valence-corrected chi connectivity index (χ1v) is 8.87. The van der Waals surface area contributed by atoms with Gasteiger partial charge in [0.25, 0.3) is 0 Å². The second kappa shape index (κ2) is 12.1. The summed E-state index contributed by atoms with van der Waals surface area (Å²) in [6.45, 7) is 3.33. The van der Waals surface area contributed by atoms with Crippen LogP contribution in [0.4, 0.5) is 0 Å². The zero-order chi connectivity index (χ0) is 21.1. The largest absolute Gasteiger partial charge is 0.480 e. The van der Waals surface area contributed by atoms with Crippen molar-refractivity contribution in [2.45, 2.75) is 44.8 Å². The van der Waals surface area contributed by atoms with Crippen LogP contribution in [0, 0.1) is 5.92 Å². The van der Waals surface area contributed by atoms with Crippen molar-refractivity contribution >= 4 is 42.2 Å². The molecule has 0 aromatic carbocycles. The third-order valence-corrected chi connectivity index (χ3v) is 3.74. The lowest BCUT2D eigenvalue weighted by Gasteiger charge is -2.24. The Morgan fingerprint density at radius 1 is 0.963 bits per heavy atom. The van der Waals surface area contributed by atoms with Gasteiger partial charge in [0.15, 0.2) is 0 Å². The zero-order valence-electron chi connectivity index (χ0n) is 15.2. The normalized spacial score (nSPS) is 14.0. The van der Waals surface area contributed by atoms with Crippen LogP contribution in [0.5, 0.6) is 0 Å². The van der Waals surface area contributed by atoms with E-state index in [1.807, 2.05) is 13.8 Å². The predicted octanol–water partition coefficient (Wildman–Crippen LogP) is -2.66. The first-order valence-electron chi connectivity index (χ1n) is 8.23. The fourth-order valence-corrected chi connectivity index (χ4v) is 2.34. The van der Waals surface area contributed by atoms with Gasteiger partial charge in [-0.25, -0.2) is 4.79 Å². The van der Waals surface area contributed by atoms with Gasteiger partial charge >= 0.3 is 5.97 Å². The van der Waals surface area contributed by atoms with Crippen LogP contribution in [0.15, 0.2) is 0 Å². The van der Waals surface area contributed by atoms with Gasteiger partial charge in [-0.15, -0.1) is 0 Å². The number of carboxylic acid groups (broad SMARTS) is 1. The molecule has 0 spiro atoms. The van der Waals surface area contributed by atoms with E-state index in [1.54, 1.807) is 0 Å². The van der Waals surface area contributed by atoms with Gasteiger partial charge in [0, 0.05) is 5.75 Å². The topological polar surface area (TPSA) is 194 Å². The summed E-state index contributed by atoms with van der Waals surface area (Å²) in [5.41, 5.74) is 10.3. The van der Waals surface area contributed by atoms with Crippen molar-refractivity contribution in [1.82, 2.24) is 16.0 Å². The molecule has 0 aliphatic rings. The first-order chi connectivity index (χ1) is 12.5. The van der Waals surface area contributed by atoms with Crippen molar-refractivity contribution in [3.05, 3.63) is 0 Å². The molecule has 4 amide bonds. The van der Waals surface area contributed by atoms with Gasteiger partial charge in [-0.3, -0.25) is 19.2 Å². The molecule has 0 aliphatic carbocycles. The van der Waals surface area contributed by atoms with Crippen molar-refractivity contribution in [3.8, 4) is 0 Å². The van der Waals surface area contributed by atoms with Crippen molar-refractivity contribution in [2.24, 2.45) is 17.4 Å². The molecule has 0 saturated carbocycles. The Morgan fingerprint density at radius 2 is 1.48 bits per heavy atom. The maximum absolute atomic E-state index is 12.5. The molecule has 0 fully saturated rings. The van der Waals surface area contributed by atoms with Crippen molar-refractivity contribution in [2.75, 3.05) is 12.3 Å². The first kappa shape index (κ1) is 24.7. The molecule has 0 aromatic heterocycles. The highest BCUT2D eigenvalue weighted by Crippen LogP contribution is 2.06. The third kappa shape index (κ3) is 9.80. The van der Waals surface area contributed by atoms with Crippen LogP contribution in [0.25, 0.3) is 0 Å². The second-order valence-corrected chi connectivity index (χ2v) is 6.63. The quantitative estimate of drug-likeness (QED) is 0.172. The molecular formula is C15H27N5O6S. The molecular weight excluding hydrogens is 378 g/mol. The number of nitrogens with two attached hydrogens (primary N) is 2. The van der Waals surface area contributed by atoms with Crippen LogP contribution in [0.1, 0.15) is 26.7 Å². The molecule has 3 atom stereocenters. The van der Waals surface area contributed by atoms with Gasteiger partial charge in [-0.05, 0) is 12.3 Å². The molecule has 0 saturated heterocycles. The molecule has 0 aromatic rings. The number of amides is 4. The summed E-state index contributed by atoms with van der Waals surface area (Å²) < 4.78 is 0. The number of thiol groups is 1. The number of carboxylic acids is 1. The summed E-state index contributed by atoms with van der Waals surface area (Å²) in [4.78, 5) is 58.5. The van der Waals surface area contributed by atoms with Crippen molar-refractivity contribution in [1.29, 1.82) is 0 Å². The van der Waals surface area contributed by atoms with Crippen LogP contribution in [-0.4, -0.2) is 65.1 Å². The summed E-state index contributed by atoms with van der Waals surface area (Å²) in [5.74, 6) is -4.55. The molecule has 12 heteroatoms. The molecule has 0 radical (unpaired) electrons. The van der Waals surface area contributed by atoms with Gasteiger partial charge in [-0.1, -0.05) is 13.8 Å². The molecule has 3 unspecified atom stereocenters. The Bertz CT molecular complexity index is 571. The number of aliphatic carboxylic acids is 1. The van der Waals surface area contributed by atoms with E-state index in [0.717, 1.165) is 0 Å². The Labute approximate surface area is 162 Å². The Balaban J connectivity index is 5.29. The molecule has 0 heterocycles. The van der Waals surface area contributed by atoms with E-state index < -0.39 is 54.1 Å². The fraction of sp³-hybridized carbons (Fsp3) is 0.667. The minimum absolute atomic E-state index is 0.0304. The van der Waals surface area contributed by atoms with E-state index in [2.05, 4.69) is 28.6 Å². The summed E-state index contributed by atoms with van der Waals surface area (Å²) >= 11 is 3.82. The number of carbonyl (C=O) groups excluding carboxylic acids is 4. The standard InChI is InChI=1S/C15H27N5O6S/c1-7(2)3-8(18-12(22)5-16)13(23)19-9(4-11(17)21)14(24)20-10(6-27)15(25)26/h7-10,27H,3-6,16H2,1-2H3,(H2,17,21)(H,18,22)(H,19,23)(H,20,24)(H,25,26). The highest BCUT2D eigenvalue weighted by atomic mass is 32.1. The second-order valence-electron chi connectivity index (χ2n) is 6.27. The van der Waals surface area contributed by atoms with Crippen molar-refractivity contribution in [3.63, 3.8) is 0 Å². The molecule has 154 valence electrons. The maximum atomic E-state index is 12.5. The van der Waals surface area contributed by atoms with E-state index in [-0.39, 0.29) is 24.6 Å². The van der Waals surface area contributed by atoms with Gasteiger partial charge in [-0.2, -0.15) is 12.6 Å². The molecule has 27 heavy (non-hydrogen) atoms. The zero-order valence-corrected chi connectivity index (χ0v) is 16.1. The van der Waals surface area contributed by atoms with Crippen molar-refractivity contribution < 1.29 is 29.1 Å². The number of hydrogen-bond donors (Lipinski definition) is 7.